The number of hydrogen-bond donors (Lipinski definition) is 3. The van der Waals surface area contributed by atoms with Crippen LogP contribution < -0.4 is 16.0 Å². The van der Waals surface area contributed by atoms with E-state index in [9.17, 15) is 14.4 Å². The number of carbonyl (C=O) groups excluding carboxylic acids is 3. The lowest BCUT2D eigenvalue weighted by molar-refractivity contribution is -0.129. The smallest absolute Gasteiger partial charge is 0.243 e. The first-order valence-electron chi connectivity index (χ1n) is 13.5. The number of carbonyl (C=O) groups is 3. The van der Waals surface area contributed by atoms with Crippen molar-refractivity contribution >= 4 is 39.3 Å². The van der Waals surface area contributed by atoms with Crippen LogP contribution in [0.3, 0.4) is 0 Å². The molecule has 1 aromatic heterocycles. The fourth-order valence-corrected chi connectivity index (χ4v) is 6.20. The number of thiazole rings is 1. The Morgan fingerprint density at radius 1 is 1.11 bits per heavy atom. The highest BCUT2D eigenvalue weighted by molar-refractivity contribution is 7.18. The van der Waals surface area contributed by atoms with Gasteiger partial charge in [0.15, 0.2) is 0 Å². The summed E-state index contributed by atoms with van der Waals surface area (Å²) in [6.07, 6.45) is 6.79. The maximum atomic E-state index is 13.5. The molecule has 1 fully saturated rings. The summed E-state index contributed by atoms with van der Waals surface area (Å²) in [5.74, 6) is -0.334. The lowest BCUT2D eigenvalue weighted by Crippen LogP contribution is -2.55. The zero-order valence-electron chi connectivity index (χ0n) is 22.9. The Kier molecular flexibility index (Phi) is 10.9. The molecular formula is C28H43N5O3S. The van der Waals surface area contributed by atoms with E-state index in [0.29, 0.717) is 25.4 Å². The minimum Gasteiger partial charge on any atom is -0.354 e. The Balaban J connectivity index is 1.72. The zero-order chi connectivity index (χ0) is 26.9. The molecule has 1 unspecified atom stereocenters. The third-order valence-electron chi connectivity index (χ3n) is 7.11. The van der Waals surface area contributed by atoms with Gasteiger partial charge in [0.1, 0.15) is 6.04 Å². The third kappa shape index (κ3) is 8.78. The normalized spacial score (nSPS) is 16.8. The number of nitrogens with zero attached hydrogens (tertiary/aromatic N) is 2. The average Bonchev–Trinajstić information content (AvgIpc) is 3.27. The molecule has 3 rings (SSSR count). The second-order valence-electron chi connectivity index (χ2n) is 10.6. The van der Waals surface area contributed by atoms with Gasteiger partial charge in [-0.1, -0.05) is 39.2 Å². The van der Waals surface area contributed by atoms with Crippen molar-refractivity contribution in [2.45, 2.75) is 77.8 Å². The molecule has 3 amide bonds. The highest BCUT2D eigenvalue weighted by Gasteiger charge is 2.30. The number of benzene rings is 1. The first-order chi connectivity index (χ1) is 17.7. The summed E-state index contributed by atoms with van der Waals surface area (Å²) < 4.78 is 1.09. The van der Waals surface area contributed by atoms with Gasteiger partial charge in [-0.3, -0.25) is 14.4 Å². The molecule has 1 saturated carbocycles. The molecule has 0 spiro atoms. The minimum atomic E-state index is -0.724. The number of aromatic nitrogens is 1. The molecular weight excluding hydrogens is 486 g/mol. The van der Waals surface area contributed by atoms with Crippen molar-refractivity contribution in [2.75, 3.05) is 27.2 Å². The van der Waals surface area contributed by atoms with Crippen LogP contribution in [0.25, 0.3) is 10.2 Å². The highest BCUT2D eigenvalue weighted by atomic mass is 32.1. The second-order valence-corrected chi connectivity index (χ2v) is 11.8. The third-order valence-corrected chi connectivity index (χ3v) is 8.15. The molecule has 1 aromatic carbocycles. The molecule has 0 saturated heterocycles. The van der Waals surface area contributed by atoms with Gasteiger partial charge in [0.05, 0.1) is 15.2 Å². The van der Waals surface area contributed by atoms with E-state index in [-0.39, 0.29) is 29.7 Å². The van der Waals surface area contributed by atoms with Crippen LogP contribution in [0.4, 0.5) is 0 Å². The van der Waals surface area contributed by atoms with Gasteiger partial charge in [-0.2, -0.15) is 0 Å². The molecule has 8 nitrogen and oxygen atoms in total. The van der Waals surface area contributed by atoms with Crippen LogP contribution in [0.5, 0.6) is 0 Å². The average molecular weight is 530 g/mol. The summed E-state index contributed by atoms with van der Waals surface area (Å²) in [5.41, 5.74) is 2.16. The Bertz CT molecular complexity index is 1060. The fourth-order valence-electron chi connectivity index (χ4n) is 5.12. The molecule has 0 bridgehead atoms. The van der Waals surface area contributed by atoms with E-state index in [1.165, 1.54) is 18.9 Å². The minimum absolute atomic E-state index is 0.0110. The van der Waals surface area contributed by atoms with E-state index < -0.39 is 6.04 Å². The molecule has 1 aliphatic rings. The zero-order valence-corrected chi connectivity index (χ0v) is 23.7. The van der Waals surface area contributed by atoms with Gasteiger partial charge in [-0.05, 0) is 57.0 Å². The number of aryl methyl sites for hydroxylation is 1. The van der Waals surface area contributed by atoms with Crippen LogP contribution in [0, 0.1) is 11.8 Å². The number of hydrogen-bond acceptors (Lipinski definition) is 6. The lowest BCUT2D eigenvalue weighted by atomic mass is 9.83. The Morgan fingerprint density at radius 3 is 2.49 bits per heavy atom. The second kappa shape index (κ2) is 13.9. The van der Waals surface area contributed by atoms with Gasteiger partial charge in [-0.25, -0.2) is 4.98 Å². The summed E-state index contributed by atoms with van der Waals surface area (Å²) in [6, 6.07) is 5.33. The SMILES string of the molecule is CCc1ccc2nc(C[C@H](NC(C)=O)C(=O)N[C@H](CNC(=O)C(C)CN(C)C)C3CCCCC3)sc2c1. The van der Waals surface area contributed by atoms with Crippen LogP contribution >= 0.6 is 11.3 Å². The molecule has 204 valence electrons. The quantitative estimate of drug-likeness (QED) is 0.392. The van der Waals surface area contributed by atoms with E-state index in [1.54, 1.807) is 11.3 Å². The predicted octanol–water partition coefficient (Wildman–Crippen LogP) is 3.28. The van der Waals surface area contributed by atoms with Gasteiger partial charge < -0.3 is 20.9 Å². The summed E-state index contributed by atoms with van der Waals surface area (Å²) in [6.45, 7) is 6.52. The van der Waals surface area contributed by atoms with E-state index in [1.807, 2.05) is 32.0 Å². The molecule has 2 aromatic rings. The van der Waals surface area contributed by atoms with Crippen molar-refractivity contribution in [2.24, 2.45) is 11.8 Å². The summed E-state index contributed by atoms with van der Waals surface area (Å²) in [4.78, 5) is 44.9. The first kappa shape index (κ1) is 29.0. The van der Waals surface area contributed by atoms with Gasteiger partial charge in [0.25, 0.3) is 0 Å². The summed E-state index contributed by atoms with van der Waals surface area (Å²) in [5, 5.41) is 9.92. The van der Waals surface area contributed by atoms with E-state index in [0.717, 1.165) is 47.3 Å². The van der Waals surface area contributed by atoms with Crippen molar-refractivity contribution in [3.8, 4) is 0 Å². The van der Waals surface area contributed by atoms with Crippen LogP contribution in [0.15, 0.2) is 18.2 Å². The number of amides is 3. The molecule has 0 radical (unpaired) electrons. The maximum Gasteiger partial charge on any atom is 0.243 e. The predicted molar refractivity (Wildman–Crippen MR) is 150 cm³/mol. The highest BCUT2D eigenvalue weighted by Crippen LogP contribution is 2.27. The number of nitrogens with one attached hydrogen (secondary N) is 3. The molecule has 1 heterocycles. The fraction of sp³-hybridized carbons (Fsp3) is 0.643. The number of rotatable bonds is 12. The number of fused-ring (bicyclic) bond motifs is 1. The molecule has 1 aliphatic carbocycles. The van der Waals surface area contributed by atoms with Crippen molar-refractivity contribution < 1.29 is 14.4 Å². The molecule has 0 aliphatic heterocycles. The standard InChI is InChI=1S/C28H43N5O3S/c1-6-20-12-13-22-25(14-20)37-26(31-22)15-23(30-19(3)34)28(36)32-24(21-10-8-7-9-11-21)16-29-27(35)18(2)17-33(4)5/h12-14,18,21,23-24H,6-11,15-17H2,1-5H3,(H,29,35)(H,30,34)(H,32,36)/t18?,23-,24+/m0/s1. The molecule has 3 N–H and O–H groups in total. The van der Waals surface area contributed by atoms with Crippen molar-refractivity contribution in [3.63, 3.8) is 0 Å². The van der Waals surface area contributed by atoms with Crippen LogP contribution in [-0.4, -0.2) is 66.9 Å². The van der Waals surface area contributed by atoms with Crippen molar-refractivity contribution in [3.05, 3.63) is 28.8 Å². The summed E-state index contributed by atoms with van der Waals surface area (Å²) in [7, 11) is 3.90. The van der Waals surface area contributed by atoms with E-state index in [2.05, 4.69) is 35.0 Å². The van der Waals surface area contributed by atoms with Crippen LogP contribution in [-0.2, 0) is 27.2 Å². The maximum absolute atomic E-state index is 13.5. The summed E-state index contributed by atoms with van der Waals surface area (Å²) >= 11 is 1.57. The van der Waals surface area contributed by atoms with Crippen molar-refractivity contribution in [1.29, 1.82) is 0 Å². The molecule has 37 heavy (non-hydrogen) atoms. The van der Waals surface area contributed by atoms with Gasteiger partial charge in [0, 0.05) is 38.4 Å². The van der Waals surface area contributed by atoms with Crippen LogP contribution in [0.2, 0.25) is 0 Å². The monoisotopic (exact) mass is 529 g/mol. The Labute approximate surface area is 225 Å². The van der Waals surface area contributed by atoms with E-state index >= 15 is 0 Å². The largest absolute Gasteiger partial charge is 0.354 e. The van der Waals surface area contributed by atoms with Gasteiger partial charge in [-0.15, -0.1) is 11.3 Å². The Hall–Kier alpha value is -2.52. The van der Waals surface area contributed by atoms with Crippen molar-refractivity contribution in [1.82, 2.24) is 25.8 Å². The Morgan fingerprint density at radius 2 is 1.84 bits per heavy atom. The topological polar surface area (TPSA) is 103 Å². The van der Waals surface area contributed by atoms with Gasteiger partial charge >= 0.3 is 0 Å². The molecule has 9 heteroatoms. The van der Waals surface area contributed by atoms with Crippen LogP contribution in [0.1, 0.15) is 63.4 Å². The molecule has 3 atom stereocenters. The first-order valence-corrected chi connectivity index (χ1v) is 14.4. The van der Waals surface area contributed by atoms with E-state index in [4.69, 9.17) is 4.98 Å². The van der Waals surface area contributed by atoms with Gasteiger partial charge in [0.2, 0.25) is 17.7 Å². The lowest BCUT2D eigenvalue weighted by Gasteiger charge is -2.32.